The van der Waals surface area contributed by atoms with Gasteiger partial charge in [0.05, 0.1) is 6.04 Å². The van der Waals surface area contributed by atoms with Crippen LogP contribution in [0.1, 0.15) is 11.8 Å². The minimum Gasteiger partial charge on any atom is -0.261 e. The summed E-state index contributed by atoms with van der Waals surface area (Å²) in [6.45, 7) is 1.94. The molecule has 0 N–H and O–H groups in total. The van der Waals surface area contributed by atoms with Gasteiger partial charge in [-0.1, -0.05) is 6.07 Å². The molecule has 1 unspecified atom stereocenters. The molecule has 62 valence electrons. The second-order valence-corrected chi connectivity index (χ2v) is 3.84. The molecule has 0 aliphatic carbocycles. The van der Waals surface area contributed by atoms with Crippen LogP contribution in [0.15, 0.2) is 27.5 Å². The van der Waals surface area contributed by atoms with Crippen molar-refractivity contribution in [1.82, 2.24) is 0 Å². The van der Waals surface area contributed by atoms with E-state index in [1.807, 2.05) is 13.1 Å². The molecule has 1 aromatic rings. The van der Waals surface area contributed by atoms with Crippen LogP contribution in [0.4, 0.5) is 0 Å². The van der Waals surface area contributed by atoms with Crippen molar-refractivity contribution in [3.05, 3.63) is 22.4 Å². The first-order valence-electron chi connectivity index (χ1n) is 3.95. The van der Waals surface area contributed by atoms with Crippen molar-refractivity contribution in [2.45, 2.75) is 19.4 Å². The molecule has 0 fully saturated rings. The maximum absolute atomic E-state index is 4.36. The molecule has 0 bridgehead atoms. The number of hydrogen-bond acceptors (Lipinski definition) is 3. The molecule has 3 heteroatoms. The van der Waals surface area contributed by atoms with Gasteiger partial charge in [-0.2, -0.15) is 0 Å². The van der Waals surface area contributed by atoms with Gasteiger partial charge in [-0.3, -0.25) is 4.99 Å². The van der Waals surface area contributed by atoms with Crippen molar-refractivity contribution < 1.29 is 0 Å². The zero-order valence-corrected chi connectivity index (χ0v) is 7.71. The van der Waals surface area contributed by atoms with Crippen molar-refractivity contribution in [2.24, 2.45) is 9.98 Å². The summed E-state index contributed by atoms with van der Waals surface area (Å²) in [5.74, 6) is 0.900. The summed E-state index contributed by atoms with van der Waals surface area (Å²) in [5.41, 5.74) is 0. The lowest BCUT2D eigenvalue weighted by Gasteiger charge is -1.98. The van der Waals surface area contributed by atoms with Gasteiger partial charge in [0.15, 0.2) is 0 Å². The third-order valence-electron chi connectivity index (χ3n) is 1.78. The molecule has 12 heavy (non-hydrogen) atoms. The second kappa shape index (κ2) is 3.19. The van der Waals surface area contributed by atoms with Crippen LogP contribution in [0.25, 0.3) is 0 Å². The van der Waals surface area contributed by atoms with Gasteiger partial charge < -0.3 is 0 Å². The lowest BCUT2D eigenvalue weighted by atomic mass is 10.2. The topological polar surface area (TPSA) is 24.7 Å². The number of rotatable bonds is 2. The van der Waals surface area contributed by atoms with Crippen LogP contribution in [0.3, 0.4) is 0 Å². The van der Waals surface area contributed by atoms with Crippen molar-refractivity contribution in [3.63, 3.8) is 0 Å². The minimum atomic E-state index is 0.281. The number of thiophene rings is 1. The molecule has 0 saturated carbocycles. The predicted octanol–water partition coefficient (Wildman–Crippen LogP) is 2.16. The van der Waals surface area contributed by atoms with Gasteiger partial charge in [0.1, 0.15) is 5.84 Å². The van der Waals surface area contributed by atoms with Gasteiger partial charge in [0.25, 0.3) is 0 Å². The van der Waals surface area contributed by atoms with Crippen LogP contribution < -0.4 is 0 Å². The molecule has 2 heterocycles. The predicted molar refractivity (Wildman–Crippen MR) is 53.4 cm³/mol. The van der Waals surface area contributed by atoms with E-state index in [4.69, 9.17) is 0 Å². The summed E-state index contributed by atoms with van der Waals surface area (Å²) in [6.07, 6.45) is 2.92. The van der Waals surface area contributed by atoms with Crippen molar-refractivity contribution in [1.29, 1.82) is 0 Å². The Balaban J connectivity index is 2.02. The molecule has 1 aromatic heterocycles. The lowest BCUT2D eigenvalue weighted by Crippen LogP contribution is -2.05. The molecule has 2 nitrogen and oxygen atoms in total. The van der Waals surface area contributed by atoms with Gasteiger partial charge in [-0.15, -0.1) is 11.3 Å². The smallest absolute Gasteiger partial charge is 0.120 e. The Labute approximate surface area is 75.7 Å². The first-order valence-corrected chi connectivity index (χ1v) is 4.83. The van der Waals surface area contributed by atoms with E-state index in [1.54, 1.807) is 11.3 Å². The average molecular weight is 178 g/mol. The van der Waals surface area contributed by atoms with Crippen LogP contribution in [0.5, 0.6) is 0 Å². The maximum atomic E-state index is 4.36. The first kappa shape index (κ1) is 7.68. The van der Waals surface area contributed by atoms with E-state index in [9.17, 15) is 0 Å². The van der Waals surface area contributed by atoms with Gasteiger partial charge in [0, 0.05) is 17.5 Å². The lowest BCUT2D eigenvalue weighted by molar-refractivity contribution is 0.893. The van der Waals surface area contributed by atoms with Crippen molar-refractivity contribution in [2.75, 3.05) is 0 Å². The normalized spacial score (nSPS) is 21.4. The van der Waals surface area contributed by atoms with Gasteiger partial charge in [0.2, 0.25) is 0 Å². The van der Waals surface area contributed by atoms with E-state index < -0.39 is 0 Å². The molecule has 1 aliphatic rings. The standard InChI is InChI=1S/C9H10N2S/c1-7-10-6-8(11-7)5-9-3-2-4-12-9/h2-4,6,8H,5H2,1H3. The molecular formula is C9H10N2S. The summed E-state index contributed by atoms with van der Waals surface area (Å²) >= 11 is 1.78. The van der Waals surface area contributed by atoms with E-state index in [0.717, 1.165) is 12.3 Å². The van der Waals surface area contributed by atoms with E-state index in [-0.39, 0.29) is 6.04 Å². The molecular weight excluding hydrogens is 168 g/mol. The zero-order chi connectivity index (χ0) is 8.39. The molecule has 1 atom stereocenters. The fourth-order valence-electron chi connectivity index (χ4n) is 1.23. The zero-order valence-electron chi connectivity index (χ0n) is 6.90. The fraction of sp³-hybridized carbons (Fsp3) is 0.333. The minimum absolute atomic E-state index is 0.281. The van der Waals surface area contributed by atoms with E-state index in [2.05, 4.69) is 27.5 Å². The van der Waals surface area contributed by atoms with Gasteiger partial charge >= 0.3 is 0 Å². The molecule has 0 spiro atoms. The van der Waals surface area contributed by atoms with E-state index in [1.165, 1.54) is 4.88 Å². The summed E-state index contributed by atoms with van der Waals surface area (Å²) in [6, 6.07) is 4.49. The van der Waals surface area contributed by atoms with Crippen LogP contribution in [-0.4, -0.2) is 18.1 Å². The summed E-state index contributed by atoms with van der Waals surface area (Å²) < 4.78 is 0. The Morgan fingerprint density at radius 1 is 1.58 bits per heavy atom. The van der Waals surface area contributed by atoms with Gasteiger partial charge in [-0.05, 0) is 18.4 Å². The number of nitrogens with zero attached hydrogens (tertiary/aromatic N) is 2. The molecule has 0 saturated heterocycles. The summed E-state index contributed by atoms with van der Waals surface area (Å²) in [7, 11) is 0. The molecule has 2 rings (SSSR count). The van der Waals surface area contributed by atoms with Crippen LogP contribution in [0.2, 0.25) is 0 Å². The Morgan fingerprint density at radius 3 is 3.08 bits per heavy atom. The molecule has 0 amide bonds. The monoisotopic (exact) mass is 178 g/mol. The Hall–Kier alpha value is -0.960. The van der Waals surface area contributed by atoms with E-state index >= 15 is 0 Å². The Kier molecular flexibility index (Phi) is 2.04. The highest BCUT2D eigenvalue weighted by atomic mass is 32.1. The Morgan fingerprint density at radius 2 is 2.50 bits per heavy atom. The third kappa shape index (κ3) is 1.61. The SMILES string of the molecule is CC1=NC(Cc2cccs2)C=N1. The van der Waals surface area contributed by atoms with Crippen LogP contribution in [0, 0.1) is 0 Å². The second-order valence-electron chi connectivity index (χ2n) is 2.81. The van der Waals surface area contributed by atoms with Crippen molar-refractivity contribution >= 4 is 23.4 Å². The summed E-state index contributed by atoms with van der Waals surface area (Å²) in [4.78, 5) is 9.87. The third-order valence-corrected chi connectivity index (χ3v) is 2.68. The highest BCUT2D eigenvalue weighted by Crippen LogP contribution is 2.13. The quantitative estimate of drug-likeness (QED) is 0.663. The number of aliphatic imine (C=N–C) groups is 2. The first-order chi connectivity index (χ1) is 5.84. The van der Waals surface area contributed by atoms with Crippen LogP contribution in [-0.2, 0) is 6.42 Å². The summed E-state index contributed by atoms with van der Waals surface area (Å²) in [5, 5.41) is 2.10. The highest BCUT2D eigenvalue weighted by molar-refractivity contribution is 7.09. The molecule has 0 radical (unpaired) electrons. The fourth-order valence-corrected chi connectivity index (χ4v) is 1.99. The van der Waals surface area contributed by atoms with Crippen molar-refractivity contribution in [3.8, 4) is 0 Å². The molecule has 1 aliphatic heterocycles. The maximum Gasteiger partial charge on any atom is 0.120 e. The number of hydrogen-bond donors (Lipinski definition) is 0. The largest absolute Gasteiger partial charge is 0.261 e. The Bertz CT molecular complexity index is 311. The van der Waals surface area contributed by atoms with Gasteiger partial charge in [-0.25, -0.2) is 4.99 Å². The van der Waals surface area contributed by atoms with Crippen LogP contribution >= 0.6 is 11.3 Å². The average Bonchev–Trinajstić information content (AvgIpc) is 2.63. The highest BCUT2D eigenvalue weighted by Gasteiger charge is 2.10. The molecule has 0 aromatic carbocycles. The number of amidine groups is 1. The van der Waals surface area contributed by atoms with E-state index in [0.29, 0.717) is 0 Å².